The van der Waals surface area contributed by atoms with Crippen LogP contribution in [0.5, 0.6) is 0 Å². The number of hydrogen-bond acceptors (Lipinski definition) is 6. The maximum atomic E-state index is 12.9. The van der Waals surface area contributed by atoms with Crippen LogP contribution >= 0.6 is 0 Å². The number of benzene rings is 1. The number of aryl methyl sites for hydroxylation is 1. The fourth-order valence-corrected chi connectivity index (χ4v) is 3.92. The summed E-state index contributed by atoms with van der Waals surface area (Å²) >= 11 is 0. The van der Waals surface area contributed by atoms with Gasteiger partial charge in [0.25, 0.3) is 5.56 Å². The minimum absolute atomic E-state index is 0.0394. The van der Waals surface area contributed by atoms with Crippen LogP contribution in [0.2, 0.25) is 0 Å². The van der Waals surface area contributed by atoms with Gasteiger partial charge in [0, 0.05) is 31.4 Å². The lowest BCUT2D eigenvalue weighted by atomic mass is 10.1. The van der Waals surface area contributed by atoms with Crippen molar-refractivity contribution in [3.05, 3.63) is 70.3 Å². The largest absolute Gasteiger partial charge is 0.444 e. The lowest BCUT2D eigenvalue weighted by molar-refractivity contribution is -0.137. The molecular weight excluding hydrogens is 491 g/mol. The van der Waals surface area contributed by atoms with Crippen LogP contribution in [-0.4, -0.2) is 55.3 Å². The van der Waals surface area contributed by atoms with Gasteiger partial charge < -0.3 is 18.9 Å². The summed E-state index contributed by atoms with van der Waals surface area (Å²) in [4.78, 5) is 26.3. The number of halogens is 3. The van der Waals surface area contributed by atoms with E-state index in [2.05, 4.69) is 10.3 Å². The molecule has 3 aromatic rings. The molecule has 0 saturated carbocycles. The van der Waals surface area contributed by atoms with Crippen molar-refractivity contribution in [3.63, 3.8) is 0 Å². The van der Waals surface area contributed by atoms with E-state index in [0.29, 0.717) is 16.8 Å². The second-order valence-electron chi connectivity index (χ2n) is 9.95. The summed E-state index contributed by atoms with van der Waals surface area (Å²) in [5, 5.41) is 8.40. The van der Waals surface area contributed by atoms with E-state index in [0.717, 1.165) is 12.1 Å². The second kappa shape index (κ2) is 10.0. The first kappa shape index (κ1) is 26.4. The molecule has 2 atom stereocenters. The molecule has 9 nitrogen and oxygen atoms in total. The van der Waals surface area contributed by atoms with Crippen LogP contribution in [0.15, 0.2) is 53.6 Å². The predicted molar refractivity (Wildman–Crippen MR) is 128 cm³/mol. The molecule has 1 amide bonds. The Morgan fingerprint density at radius 1 is 1.11 bits per heavy atom. The Morgan fingerprint density at radius 2 is 1.81 bits per heavy atom. The van der Waals surface area contributed by atoms with Gasteiger partial charge in [-0.3, -0.25) is 4.79 Å². The lowest BCUT2D eigenvalue weighted by Crippen LogP contribution is -2.36. The summed E-state index contributed by atoms with van der Waals surface area (Å²) in [6, 6.07) is 7.50. The van der Waals surface area contributed by atoms with Crippen molar-refractivity contribution >= 4 is 6.09 Å². The SMILES string of the molecule is Cn1ccc(-c2cn([C@@H]3CN(C(=O)OC(C)(C)C)C[C@H]3OCc3ccc(C(F)(F)F)cc3)nn2)cc1=O. The van der Waals surface area contributed by atoms with E-state index in [1.165, 1.54) is 27.7 Å². The molecule has 2 aromatic heterocycles. The average Bonchev–Trinajstić information content (AvgIpc) is 3.45. The second-order valence-corrected chi connectivity index (χ2v) is 9.95. The highest BCUT2D eigenvalue weighted by Crippen LogP contribution is 2.30. The summed E-state index contributed by atoms with van der Waals surface area (Å²) in [5.41, 5.74) is 0.0141. The van der Waals surface area contributed by atoms with Gasteiger partial charge in [0.2, 0.25) is 0 Å². The van der Waals surface area contributed by atoms with Crippen LogP contribution in [-0.2, 0) is 29.3 Å². The number of hydrogen-bond donors (Lipinski definition) is 0. The smallest absolute Gasteiger partial charge is 0.416 e. The highest BCUT2D eigenvalue weighted by molar-refractivity contribution is 5.68. The van der Waals surface area contributed by atoms with Gasteiger partial charge in [0.05, 0.1) is 37.1 Å². The summed E-state index contributed by atoms with van der Waals surface area (Å²) < 4.78 is 53.2. The summed E-state index contributed by atoms with van der Waals surface area (Å²) in [7, 11) is 1.64. The van der Waals surface area contributed by atoms with Crippen molar-refractivity contribution in [2.24, 2.45) is 7.05 Å². The predicted octanol–water partition coefficient (Wildman–Crippen LogP) is 4.04. The fourth-order valence-electron chi connectivity index (χ4n) is 3.92. The maximum Gasteiger partial charge on any atom is 0.416 e. The monoisotopic (exact) mass is 519 g/mol. The van der Waals surface area contributed by atoms with E-state index in [9.17, 15) is 22.8 Å². The van der Waals surface area contributed by atoms with Crippen LogP contribution in [0.25, 0.3) is 11.3 Å². The van der Waals surface area contributed by atoms with Gasteiger partial charge >= 0.3 is 12.3 Å². The number of pyridine rings is 1. The number of carbonyl (C=O) groups excluding carboxylic acids is 1. The fraction of sp³-hybridized carbons (Fsp3) is 0.440. The average molecular weight is 520 g/mol. The topological polar surface area (TPSA) is 91.5 Å². The van der Waals surface area contributed by atoms with Crippen LogP contribution in [0.3, 0.4) is 0 Å². The van der Waals surface area contributed by atoms with Crippen LogP contribution < -0.4 is 5.56 Å². The Balaban J connectivity index is 1.54. The molecular formula is C25H28F3N5O4. The normalized spacial score (nSPS) is 18.3. The number of ether oxygens (including phenoxy) is 2. The van der Waals surface area contributed by atoms with Crippen molar-refractivity contribution in [2.75, 3.05) is 13.1 Å². The zero-order valence-electron chi connectivity index (χ0n) is 20.9. The van der Waals surface area contributed by atoms with Gasteiger partial charge in [-0.25, -0.2) is 9.48 Å². The molecule has 37 heavy (non-hydrogen) atoms. The Hall–Kier alpha value is -3.67. The molecule has 1 aliphatic rings. The molecule has 0 radical (unpaired) electrons. The van der Waals surface area contributed by atoms with Crippen molar-refractivity contribution in [1.29, 1.82) is 0 Å². The number of amides is 1. The summed E-state index contributed by atoms with van der Waals surface area (Å²) in [6.07, 6.45) is -2.16. The molecule has 0 unspecified atom stereocenters. The van der Waals surface area contributed by atoms with E-state index in [-0.39, 0.29) is 25.3 Å². The van der Waals surface area contributed by atoms with Crippen LogP contribution in [0.4, 0.5) is 18.0 Å². The summed E-state index contributed by atoms with van der Waals surface area (Å²) in [5.74, 6) is 0. The van der Waals surface area contributed by atoms with Crippen molar-refractivity contribution in [3.8, 4) is 11.3 Å². The first-order valence-corrected chi connectivity index (χ1v) is 11.6. The van der Waals surface area contributed by atoms with Crippen LogP contribution in [0.1, 0.15) is 37.9 Å². The summed E-state index contributed by atoms with van der Waals surface area (Å²) in [6.45, 7) is 5.77. The molecule has 3 heterocycles. The zero-order valence-corrected chi connectivity index (χ0v) is 20.9. The van der Waals surface area contributed by atoms with Crippen molar-refractivity contribution < 1.29 is 27.4 Å². The van der Waals surface area contributed by atoms with Gasteiger partial charge in [-0.05, 0) is 44.5 Å². The number of aromatic nitrogens is 4. The van der Waals surface area contributed by atoms with Gasteiger partial charge in [0.1, 0.15) is 11.3 Å². The minimum atomic E-state index is -4.42. The molecule has 1 fully saturated rings. The molecule has 12 heteroatoms. The highest BCUT2D eigenvalue weighted by atomic mass is 19.4. The van der Waals surface area contributed by atoms with Crippen molar-refractivity contribution in [1.82, 2.24) is 24.5 Å². The van der Waals surface area contributed by atoms with Gasteiger partial charge in [0.15, 0.2) is 0 Å². The van der Waals surface area contributed by atoms with Crippen molar-refractivity contribution in [2.45, 2.75) is 51.3 Å². The third-order valence-corrected chi connectivity index (χ3v) is 5.88. The number of alkyl halides is 3. The lowest BCUT2D eigenvalue weighted by Gasteiger charge is -2.24. The first-order chi connectivity index (χ1) is 17.3. The molecule has 0 N–H and O–H groups in total. The number of nitrogens with zero attached hydrogens (tertiary/aromatic N) is 5. The Labute approximate surface area is 211 Å². The molecule has 1 aliphatic heterocycles. The molecule has 1 saturated heterocycles. The molecule has 0 spiro atoms. The first-order valence-electron chi connectivity index (χ1n) is 11.6. The molecule has 0 aliphatic carbocycles. The number of carbonyl (C=O) groups is 1. The van der Waals surface area contributed by atoms with E-state index in [1.54, 1.807) is 51.0 Å². The van der Waals surface area contributed by atoms with Gasteiger partial charge in [-0.15, -0.1) is 5.10 Å². The number of likely N-dealkylation sites (tertiary alicyclic amines) is 1. The molecule has 0 bridgehead atoms. The number of rotatable bonds is 5. The Kier molecular flexibility index (Phi) is 7.13. The quantitative estimate of drug-likeness (QED) is 0.505. The van der Waals surface area contributed by atoms with E-state index >= 15 is 0 Å². The van der Waals surface area contributed by atoms with E-state index in [1.807, 2.05) is 0 Å². The zero-order chi connectivity index (χ0) is 27.0. The Morgan fingerprint density at radius 3 is 2.43 bits per heavy atom. The third kappa shape index (κ3) is 6.37. The molecule has 198 valence electrons. The molecule has 1 aromatic carbocycles. The van der Waals surface area contributed by atoms with E-state index in [4.69, 9.17) is 9.47 Å². The minimum Gasteiger partial charge on any atom is -0.444 e. The molecule has 4 rings (SSSR count). The van der Waals surface area contributed by atoms with Crippen LogP contribution in [0, 0.1) is 0 Å². The van der Waals surface area contributed by atoms with Gasteiger partial charge in [-0.1, -0.05) is 17.3 Å². The maximum absolute atomic E-state index is 12.9. The third-order valence-electron chi connectivity index (χ3n) is 5.88. The Bertz CT molecular complexity index is 1310. The highest BCUT2D eigenvalue weighted by Gasteiger charge is 2.40. The standard InChI is InChI=1S/C25H28F3N5O4/c1-24(2,3)37-23(35)32-13-20(33-12-19(29-30-33)17-9-10-31(4)22(34)11-17)21(14-32)36-15-16-5-7-18(8-6-16)25(26,27)28/h5-12,20-21H,13-15H2,1-4H3/t20-,21-/m1/s1. The van der Waals surface area contributed by atoms with Gasteiger partial charge in [-0.2, -0.15) is 13.2 Å². The van der Waals surface area contributed by atoms with E-state index < -0.39 is 35.6 Å².